The first-order valence-corrected chi connectivity index (χ1v) is 11.4. The topological polar surface area (TPSA) is 58.6 Å². The molecule has 0 aromatic heterocycles. The minimum atomic E-state index is -0.136. The number of nitrogens with one attached hydrogen (secondary N) is 1. The van der Waals surface area contributed by atoms with Crippen LogP contribution in [-0.2, 0) is 14.3 Å². The second-order valence-corrected chi connectivity index (χ2v) is 9.01. The van der Waals surface area contributed by atoms with E-state index in [2.05, 4.69) is 11.4 Å². The Bertz CT molecular complexity index is 805. The molecule has 6 heteroatoms. The molecule has 1 heterocycles. The van der Waals surface area contributed by atoms with Crippen LogP contribution in [0.5, 0.6) is 0 Å². The molecule has 2 fully saturated rings. The Balaban J connectivity index is 1.66. The zero-order valence-electron chi connectivity index (χ0n) is 18.3. The lowest BCUT2D eigenvalue weighted by atomic mass is 9.96. The van der Waals surface area contributed by atoms with E-state index in [9.17, 15) is 9.59 Å². The number of benzene rings is 1. The second-order valence-electron chi connectivity index (χ2n) is 8.58. The maximum Gasteiger partial charge on any atom is 0.226 e. The maximum atomic E-state index is 12.6. The summed E-state index contributed by atoms with van der Waals surface area (Å²) in [4.78, 5) is 27.0. The third-order valence-electron chi connectivity index (χ3n) is 6.34. The van der Waals surface area contributed by atoms with Gasteiger partial charge in [-0.1, -0.05) is 36.1 Å². The number of likely N-dealkylation sites (tertiary alicyclic amines) is 1. The largest absolute Gasteiger partial charge is 0.381 e. The average molecular weight is 433 g/mol. The first kappa shape index (κ1) is 22.8. The molecular weight excluding hydrogens is 400 g/mol. The van der Waals surface area contributed by atoms with Crippen LogP contribution in [0.2, 0.25) is 5.02 Å². The minimum Gasteiger partial charge on any atom is -0.381 e. The van der Waals surface area contributed by atoms with Gasteiger partial charge in [0.1, 0.15) is 0 Å². The predicted molar refractivity (Wildman–Crippen MR) is 122 cm³/mol. The molecule has 0 bridgehead atoms. The first-order chi connectivity index (χ1) is 14.4. The molecule has 1 atom stereocenters. The van der Waals surface area contributed by atoms with Crippen molar-refractivity contribution in [3.05, 3.63) is 33.9 Å². The van der Waals surface area contributed by atoms with Crippen LogP contribution in [0.25, 0.3) is 6.08 Å². The van der Waals surface area contributed by atoms with Gasteiger partial charge in [-0.15, -0.1) is 0 Å². The lowest BCUT2D eigenvalue weighted by molar-refractivity contribution is -0.135. The molecule has 1 unspecified atom stereocenters. The molecule has 1 N–H and O–H groups in total. The van der Waals surface area contributed by atoms with Crippen molar-refractivity contribution in [2.75, 3.05) is 25.5 Å². The molecule has 1 aromatic carbocycles. The number of carbonyl (C=O) groups excluding carboxylic acids is 2. The van der Waals surface area contributed by atoms with E-state index in [1.807, 2.05) is 24.8 Å². The van der Waals surface area contributed by atoms with Crippen molar-refractivity contribution in [1.82, 2.24) is 4.90 Å². The van der Waals surface area contributed by atoms with E-state index in [0.29, 0.717) is 17.4 Å². The zero-order valence-corrected chi connectivity index (χ0v) is 19.1. The Kier molecular flexibility index (Phi) is 7.95. The number of piperidine rings is 1. The van der Waals surface area contributed by atoms with E-state index >= 15 is 0 Å². The van der Waals surface area contributed by atoms with E-state index in [1.165, 1.54) is 18.4 Å². The van der Waals surface area contributed by atoms with Gasteiger partial charge in [0.25, 0.3) is 0 Å². The van der Waals surface area contributed by atoms with Gasteiger partial charge in [0.2, 0.25) is 11.8 Å². The first-order valence-electron chi connectivity index (χ1n) is 11.0. The van der Waals surface area contributed by atoms with Crippen LogP contribution >= 0.6 is 11.6 Å². The SMILES string of the molecule is COC(C)CC(=O)Nc1cc(Cl)cc(C=C2CCN(C(=O)C3CCCC3)CC2)c1C. The smallest absolute Gasteiger partial charge is 0.226 e. The fourth-order valence-electron chi connectivity index (χ4n) is 4.34. The van der Waals surface area contributed by atoms with Gasteiger partial charge in [-0.3, -0.25) is 9.59 Å². The number of hydrogen-bond acceptors (Lipinski definition) is 3. The fraction of sp³-hybridized carbons (Fsp3) is 0.583. The summed E-state index contributed by atoms with van der Waals surface area (Å²) in [5.41, 5.74) is 4.07. The fourth-order valence-corrected chi connectivity index (χ4v) is 4.56. The van der Waals surface area contributed by atoms with Gasteiger partial charge in [0.05, 0.1) is 12.5 Å². The van der Waals surface area contributed by atoms with Crippen LogP contribution in [0.3, 0.4) is 0 Å². The van der Waals surface area contributed by atoms with Crippen LogP contribution in [0.15, 0.2) is 17.7 Å². The van der Waals surface area contributed by atoms with Crippen molar-refractivity contribution in [2.45, 2.75) is 64.9 Å². The Hall–Kier alpha value is -1.85. The van der Waals surface area contributed by atoms with Crippen LogP contribution in [0.4, 0.5) is 5.69 Å². The van der Waals surface area contributed by atoms with E-state index in [-0.39, 0.29) is 17.9 Å². The molecule has 2 aliphatic rings. The highest BCUT2D eigenvalue weighted by molar-refractivity contribution is 6.31. The van der Waals surface area contributed by atoms with E-state index in [1.54, 1.807) is 13.2 Å². The summed E-state index contributed by atoms with van der Waals surface area (Å²) in [7, 11) is 1.60. The molecule has 2 amide bonds. The Morgan fingerprint density at radius 2 is 1.93 bits per heavy atom. The third-order valence-corrected chi connectivity index (χ3v) is 6.56. The zero-order chi connectivity index (χ0) is 21.7. The number of ether oxygens (including phenoxy) is 1. The normalized spacial score (nSPS) is 18.4. The van der Waals surface area contributed by atoms with E-state index in [0.717, 1.165) is 55.6 Å². The summed E-state index contributed by atoms with van der Waals surface area (Å²) in [6.07, 6.45) is 8.59. The van der Waals surface area contributed by atoms with Crippen molar-refractivity contribution in [2.24, 2.45) is 5.92 Å². The number of hydrogen-bond donors (Lipinski definition) is 1. The minimum absolute atomic E-state index is 0.0907. The van der Waals surface area contributed by atoms with Crippen molar-refractivity contribution in [3.8, 4) is 0 Å². The Labute approximate surface area is 184 Å². The number of rotatable bonds is 6. The number of nitrogens with zero attached hydrogens (tertiary/aromatic N) is 1. The van der Waals surface area contributed by atoms with Crippen LogP contribution in [0, 0.1) is 12.8 Å². The van der Waals surface area contributed by atoms with Gasteiger partial charge in [0, 0.05) is 36.8 Å². The number of anilines is 1. The van der Waals surface area contributed by atoms with Crippen molar-refractivity contribution in [3.63, 3.8) is 0 Å². The Morgan fingerprint density at radius 3 is 2.57 bits per heavy atom. The molecule has 1 aliphatic heterocycles. The van der Waals surface area contributed by atoms with Gasteiger partial charge in [0.15, 0.2) is 0 Å². The molecule has 1 saturated carbocycles. The molecule has 1 saturated heterocycles. The van der Waals surface area contributed by atoms with Gasteiger partial charge in [-0.25, -0.2) is 0 Å². The quantitative estimate of drug-likeness (QED) is 0.671. The summed E-state index contributed by atoms with van der Waals surface area (Å²) in [6, 6.07) is 3.73. The molecule has 30 heavy (non-hydrogen) atoms. The lowest BCUT2D eigenvalue weighted by Gasteiger charge is -2.30. The van der Waals surface area contributed by atoms with Crippen molar-refractivity contribution in [1.29, 1.82) is 0 Å². The molecule has 0 spiro atoms. The summed E-state index contributed by atoms with van der Waals surface area (Å²) < 4.78 is 5.17. The number of amides is 2. The average Bonchev–Trinajstić information content (AvgIpc) is 3.26. The monoisotopic (exact) mass is 432 g/mol. The van der Waals surface area contributed by atoms with Crippen LogP contribution in [-0.4, -0.2) is 43.0 Å². The highest BCUT2D eigenvalue weighted by Gasteiger charge is 2.28. The number of halogens is 1. The van der Waals surface area contributed by atoms with E-state index < -0.39 is 0 Å². The van der Waals surface area contributed by atoms with Gasteiger partial charge < -0.3 is 15.0 Å². The van der Waals surface area contributed by atoms with Crippen LogP contribution < -0.4 is 5.32 Å². The second kappa shape index (κ2) is 10.5. The molecule has 5 nitrogen and oxygen atoms in total. The molecule has 1 aromatic rings. The summed E-state index contributed by atoms with van der Waals surface area (Å²) in [5.74, 6) is 0.505. The third kappa shape index (κ3) is 5.86. The van der Waals surface area contributed by atoms with Crippen molar-refractivity contribution >= 4 is 35.2 Å². The van der Waals surface area contributed by atoms with Gasteiger partial charge in [-0.2, -0.15) is 0 Å². The molecule has 3 rings (SSSR count). The molecule has 164 valence electrons. The van der Waals surface area contributed by atoms with E-state index in [4.69, 9.17) is 16.3 Å². The predicted octanol–water partition coefficient (Wildman–Crippen LogP) is 5.21. The van der Waals surface area contributed by atoms with Gasteiger partial charge >= 0.3 is 0 Å². The summed E-state index contributed by atoms with van der Waals surface area (Å²) >= 11 is 6.34. The Morgan fingerprint density at radius 1 is 1.27 bits per heavy atom. The standard InChI is InChI=1S/C24H33ClN2O3/c1-16(30-3)12-23(28)26-22-15-21(25)14-20(17(22)2)13-18-8-10-27(11-9-18)24(29)19-6-4-5-7-19/h13-16,19H,4-12H2,1-3H3,(H,26,28). The molecular formula is C24H33ClN2O3. The van der Waals surface area contributed by atoms with Gasteiger partial charge in [-0.05, 0) is 62.8 Å². The van der Waals surface area contributed by atoms with Crippen LogP contribution in [0.1, 0.15) is 63.0 Å². The summed E-state index contributed by atoms with van der Waals surface area (Å²) in [5, 5.41) is 3.56. The lowest BCUT2D eigenvalue weighted by Crippen LogP contribution is -2.39. The number of methoxy groups -OCH3 is 1. The highest BCUT2D eigenvalue weighted by Crippen LogP contribution is 2.31. The summed E-state index contributed by atoms with van der Waals surface area (Å²) in [6.45, 7) is 5.44. The molecule has 0 radical (unpaired) electrons. The number of carbonyl (C=O) groups is 2. The maximum absolute atomic E-state index is 12.6. The van der Waals surface area contributed by atoms with Crippen molar-refractivity contribution < 1.29 is 14.3 Å². The highest BCUT2D eigenvalue weighted by atomic mass is 35.5. The molecule has 1 aliphatic carbocycles.